The second kappa shape index (κ2) is 7.09. The molecule has 0 aliphatic heterocycles. The average Bonchev–Trinajstić information content (AvgIpc) is 2.54. The van der Waals surface area contributed by atoms with Crippen molar-refractivity contribution in [1.82, 2.24) is 0 Å². The molecule has 6 heteroatoms. The fourth-order valence-corrected chi connectivity index (χ4v) is 3.23. The summed E-state index contributed by atoms with van der Waals surface area (Å²) in [5, 5.41) is 0. The van der Waals surface area contributed by atoms with Crippen molar-refractivity contribution in [2.24, 2.45) is 0 Å². The number of carbonyl (C=O) groups excluding carboxylic acids is 1. The van der Waals surface area contributed by atoms with Gasteiger partial charge >= 0.3 is 6.09 Å². The van der Waals surface area contributed by atoms with Gasteiger partial charge in [0.05, 0.1) is 11.5 Å². The molecule has 0 saturated heterocycles. The molecule has 22 heavy (non-hydrogen) atoms. The van der Waals surface area contributed by atoms with Crippen molar-refractivity contribution in [3.63, 3.8) is 0 Å². The van der Waals surface area contributed by atoms with Crippen LogP contribution in [-0.4, -0.2) is 27.0 Å². The molecule has 0 unspecified atom stereocenters. The van der Waals surface area contributed by atoms with E-state index in [1.165, 1.54) is 12.1 Å². The van der Waals surface area contributed by atoms with Gasteiger partial charge in [0.2, 0.25) is 0 Å². The molecule has 0 bridgehead atoms. The van der Waals surface area contributed by atoms with E-state index in [-0.39, 0.29) is 11.5 Å². The molecule has 0 radical (unpaired) electrons. The van der Waals surface area contributed by atoms with Crippen LogP contribution in [0.5, 0.6) is 0 Å². The van der Waals surface area contributed by atoms with Crippen molar-refractivity contribution in [2.45, 2.75) is 11.8 Å². The molecular formula is C16H17NO4S. The van der Waals surface area contributed by atoms with Crippen LogP contribution in [0.1, 0.15) is 6.92 Å². The highest BCUT2D eigenvalue weighted by molar-refractivity contribution is 7.91. The van der Waals surface area contributed by atoms with Gasteiger partial charge in [0.1, 0.15) is 5.88 Å². The van der Waals surface area contributed by atoms with Crippen LogP contribution in [0.3, 0.4) is 0 Å². The summed E-state index contributed by atoms with van der Waals surface area (Å²) in [5.74, 6) is -0.472. The van der Waals surface area contributed by atoms with E-state index in [1.54, 1.807) is 55.5 Å². The third-order valence-corrected chi connectivity index (χ3v) is 4.55. The largest absolute Gasteiger partial charge is 0.449 e. The lowest BCUT2D eigenvalue weighted by molar-refractivity contribution is 0.160. The van der Waals surface area contributed by atoms with E-state index in [9.17, 15) is 13.2 Å². The molecule has 2 aromatic rings. The Balaban J connectivity index is 2.33. The third kappa shape index (κ3) is 3.85. The third-order valence-electron chi connectivity index (χ3n) is 2.96. The monoisotopic (exact) mass is 319 g/mol. The van der Waals surface area contributed by atoms with Gasteiger partial charge in [-0.25, -0.2) is 13.2 Å². The highest BCUT2D eigenvalue weighted by atomic mass is 32.2. The minimum Gasteiger partial charge on any atom is -0.449 e. The Labute approximate surface area is 130 Å². The number of nitrogens with zero attached hydrogens (tertiary/aromatic N) is 1. The SMILES string of the molecule is CCOC(=O)N(CS(=O)(=O)c1ccccc1)c1ccccc1. The highest BCUT2D eigenvalue weighted by Gasteiger charge is 2.25. The summed E-state index contributed by atoms with van der Waals surface area (Å²) in [4.78, 5) is 13.4. The standard InChI is InChI=1S/C16H17NO4S/c1-2-21-16(18)17(14-9-5-3-6-10-14)13-22(19,20)15-11-7-4-8-12-15/h3-12H,2,13H2,1H3. The molecule has 0 fully saturated rings. The molecule has 2 aromatic carbocycles. The van der Waals surface area contributed by atoms with Crippen molar-refractivity contribution in [3.05, 3.63) is 60.7 Å². The predicted molar refractivity (Wildman–Crippen MR) is 84.4 cm³/mol. The first-order chi connectivity index (χ1) is 10.5. The Morgan fingerprint density at radius 3 is 2.09 bits per heavy atom. The van der Waals surface area contributed by atoms with Crippen LogP contribution in [-0.2, 0) is 14.6 Å². The first-order valence-corrected chi connectivity index (χ1v) is 8.47. The molecule has 0 N–H and O–H groups in total. The van der Waals surface area contributed by atoms with Crippen molar-refractivity contribution in [2.75, 3.05) is 17.4 Å². The van der Waals surface area contributed by atoms with Crippen molar-refractivity contribution in [1.29, 1.82) is 0 Å². The Morgan fingerprint density at radius 1 is 1.00 bits per heavy atom. The van der Waals surface area contributed by atoms with Crippen LogP contribution in [0.15, 0.2) is 65.6 Å². The summed E-state index contributed by atoms with van der Waals surface area (Å²) < 4.78 is 29.9. The normalized spacial score (nSPS) is 11.0. The smallest absolute Gasteiger partial charge is 0.415 e. The zero-order chi connectivity index (χ0) is 16.0. The number of rotatable bonds is 5. The number of amides is 1. The summed E-state index contributed by atoms with van der Waals surface area (Å²) >= 11 is 0. The van der Waals surface area contributed by atoms with Gasteiger partial charge in [0.15, 0.2) is 9.84 Å². The fraction of sp³-hybridized carbons (Fsp3) is 0.188. The average molecular weight is 319 g/mol. The van der Waals surface area contributed by atoms with Crippen LogP contribution in [0.25, 0.3) is 0 Å². The first kappa shape index (κ1) is 16.0. The highest BCUT2D eigenvalue weighted by Crippen LogP contribution is 2.19. The number of ether oxygens (including phenoxy) is 1. The number of sulfone groups is 1. The molecule has 0 spiro atoms. The number of benzene rings is 2. The van der Waals surface area contributed by atoms with Crippen LogP contribution < -0.4 is 4.90 Å². The van der Waals surface area contributed by atoms with Crippen LogP contribution in [0.4, 0.5) is 10.5 Å². The second-order valence-electron chi connectivity index (χ2n) is 4.52. The summed E-state index contributed by atoms with van der Waals surface area (Å²) in [6.07, 6.45) is -0.687. The van der Waals surface area contributed by atoms with Gasteiger partial charge < -0.3 is 4.74 Å². The summed E-state index contributed by atoms with van der Waals surface area (Å²) in [7, 11) is -3.65. The lowest BCUT2D eigenvalue weighted by atomic mass is 10.3. The van der Waals surface area contributed by atoms with Crippen LogP contribution >= 0.6 is 0 Å². The Kier molecular flexibility index (Phi) is 5.16. The van der Waals surface area contributed by atoms with Gasteiger partial charge in [0.25, 0.3) is 0 Å². The van der Waals surface area contributed by atoms with E-state index in [1.807, 2.05) is 0 Å². The van der Waals surface area contributed by atoms with Gasteiger partial charge in [-0.15, -0.1) is 0 Å². The molecule has 0 aromatic heterocycles. The van der Waals surface area contributed by atoms with E-state index >= 15 is 0 Å². The van der Waals surface area contributed by atoms with E-state index in [2.05, 4.69) is 0 Å². The van der Waals surface area contributed by atoms with Gasteiger partial charge in [-0.1, -0.05) is 36.4 Å². The number of para-hydroxylation sites is 1. The summed E-state index contributed by atoms with van der Waals surface area (Å²) in [5.41, 5.74) is 0.473. The molecular weight excluding hydrogens is 302 g/mol. The molecule has 0 heterocycles. The molecule has 0 aliphatic carbocycles. The zero-order valence-electron chi connectivity index (χ0n) is 12.2. The molecule has 0 saturated carbocycles. The predicted octanol–water partition coefficient (Wildman–Crippen LogP) is 3.08. The second-order valence-corrected chi connectivity index (χ2v) is 6.48. The minimum atomic E-state index is -3.65. The van der Waals surface area contributed by atoms with E-state index in [0.29, 0.717) is 5.69 Å². The van der Waals surface area contributed by atoms with E-state index in [0.717, 1.165) is 4.90 Å². The topological polar surface area (TPSA) is 63.7 Å². The van der Waals surface area contributed by atoms with Gasteiger partial charge in [-0.2, -0.15) is 0 Å². The first-order valence-electron chi connectivity index (χ1n) is 6.81. The quantitative estimate of drug-likeness (QED) is 0.849. The number of anilines is 1. The van der Waals surface area contributed by atoms with Crippen LogP contribution in [0.2, 0.25) is 0 Å². The molecule has 0 atom stereocenters. The maximum Gasteiger partial charge on any atom is 0.415 e. The summed E-state index contributed by atoms with van der Waals surface area (Å²) in [6.45, 7) is 1.85. The van der Waals surface area contributed by atoms with Crippen molar-refractivity contribution >= 4 is 21.6 Å². The van der Waals surface area contributed by atoms with Crippen LogP contribution in [0, 0.1) is 0 Å². The van der Waals surface area contributed by atoms with Gasteiger partial charge in [-0.05, 0) is 31.2 Å². The Bertz CT molecular complexity index is 714. The minimum absolute atomic E-state index is 0.167. The molecule has 116 valence electrons. The Hall–Kier alpha value is -2.34. The van der Waals surface area contributed by atoms with Crippen molar-refractivity contribution < 1.29 is 17.9 Å². The fourth-order valence-electron chi connectivity index (χ4n) is 1.91. The van der Waals surface area contributed by atoms with E-state index in [4.69, 9.17) is 4.74 Å². The number of hydrogen-bond donors (Lipinski definition) is 0. The lowest BCUT2D eigenvalue weighted by Crippen LogP contribution is -2.36. The molecule has 2 rings (SSSR count). The maximum absolute atomic E-state index is 12.5. The summed E-state index contributed by atoms with van der Waals surface area (Å²) in [6, 6.07) is 16.6. The van der Waals surface area contributed by atoms with Gasteiger partial charge in [-0.3, -0.25) is 4.90 Å². The maximum atomic E-state index is 12.5. The Morgan fingerprint density at radius 2 is 1.55 bits per heavy atom. The molecule has 0 aliphatic rings. The van der Waals surface area contributed by atoms with Gasteiger partial charge in [0, 0.05) is 5.69 Å². The zero-order valence-corrected chi connectivity index (χ0v) is 13.0. The number of hydrogen-bond acceptors (Lipinski definition) is 4. The number of carbonyl (C=O) groups is 1. The lowest BCUT2D eigenvalue weighted by Gasteiger charge is -2.21. The molecule has 5 nitrogen and oxygen atoms in total. The van der Waals surface area contributed by atoms with Crippen molar-refractivity contribution in [3.8, 4) is 0 Å². The molecule has 1 amide bonds. The van der Waals surface area contributed by atoms with E-state index < -0.39 is 21.8 Å².